The van der Waals surface area contributed by atoms with Gasteiger partial charge in [-0.1, -0.05) is 27.9 Å². The summed E-state index contributed by atoms with van der Waals surface area (Å²) in [6.45, 7) is 1.91. The molecule has 0 radical (unpaired) electrons. The average molecular weight is 296 g/mol. The Morgan fingerprint density at radius 3 is 2.43 bits per heavy atom. The summed E-state index contributed by atoms with van der Waals surface area (Å²) < 4.78 is 25.5. The smallest absolute Gasteiger partial charge is 0.207 e. The van der Waals surface area contributed by atoms with Gasteiger partial charge in [-0.05, 0) is 33.9 Å². The van der Waals surface area contributed by atoms with Crippen molar-refractivity contribution in [3.63, 3.8) is 0 Å². The van der Waals surface area contributed by atoms with E-state index in [4.69, 9.17) is 0 Å². The molecule has 1 aromatic rings. The number of aryl methyl sites for hydroxylation is 1. The quantitative estimate of drug-likeness (QED) is 0.867. The molecule has 0 aromatic heterocycles. The van der Waals surface area contributed by atoms with Crippen LogP contribution in [0.2, 0.25) is 0 Å². The van der Waals surface area contributed by atoms with E-state index in [1.54, 1.807) is 24.3 Å². The molecule has 0 spiro atoms. The summed E-state index contributed by atoms with van der Waals surface area (Å²) >= 11 is 3.08. The first kappa shape index (κ1) is 12.0. The van der Waals surface area contributed by atoms with Crippen molar-refractivity contribution in [3.8, 4) is 0 Å². The standard InChI is InChI=1S/C8H10BrNO2S2/c1-7-2-4-8(5-3-7)14(11,12)10-6-13-9/h2-5,10H,6H2,1H3. The molecule has 0 aliphatic heterocycles. The normalized spacial score (nSPS) is 11.6. The highest BCUT2D eigenvalue weighted by Gasteiger charge is 2.11. The molecule has 3 nitrogen and oxygen atoms in total. The number of sulfonamides is 1. The molecule has 0 atom stereocenters. The van der Waals surface area contributed by atoms with Crippen molar-refractivity contribution in [2.24, 2.45) is 0 Å². The first-order chi connectivity index (χ1) is 6.56. The highest BCUT2D eigenvalue weighted by Crippen LogP contribution is 2.12. The Balaban J connectivity index is 2.87. The van der Waals surface area contributed by atoms with Gasteiger partial charge in [0.1, 0.15) is 0 Å². The Bertz CT molecular complexity index is 388. The minimum atomic E-state index is -3.34. The lowest BCUT2D eigenvalue weighted by Crippen LogP contribution is -2.22. The zero-order chi connectivity index (χ0) is 10.6. The van der Waals surface area contributed by atoms with Crippen LogP contribution in [0, 0.1) is 6.92 Å². The van der Waals surface area contributed by atoms with Crippen LogP contribution in [0.15, 0.2) is 29.2 Å². The van der Waals surface area contributed by atoms with Crippen LogP contribution in [0.4, 0.5) is 0 Å². The molecule has 6 heteroatoms. The van der Waals surface area contributed by atoms with E-state index in [2.05, 4.69) is 19.5 Å². The Hall–Kier alpha value is -0.0400. The predicted molar refractivity (Wildman–Crippen MR) is 62.9 cm³/mol. The third-order valence-electron chi connectivity index (χ3n) is 1.63. The maximum atomic E-state index is 11.6. The highest BCUT2D eigenvalue weighted by molar-refractivity contribution is 9.50. The number of hydrogen-bond donors (Lipinski definition) is 1. The Labute approximate surface area is 95.5 Å². The van der Waals surface area contributed by atoms with E-state index < -0.39 is 10.0 Å². The van der Waals surface area contributed by atoms with Crippen LogP contribution >= 0.6 is 25.0 Å². The number of rotatable bonds is 4. The van der Waals surface area contributed by atoms with Gasteiger partial charge in [-0.15, -0.1) is 0 Å². The summed E-state index contributed by atoms with van der Waals surface area (Å²) in [6, 6.07) is 6.73. The average Bonchev–Trinajstić information content (AvgIpc) is 2.16. The fraction of sp³-hybridized carbons (Fsp3) is 0.250. The maximum Gasteiger partial charge on any atom is 0.241 e. The second kappa shape index (κ2) is 5.16. The monoisotopic (exact) mass is 295 g/mol. The maximum absolute atomic E-state index is 11.6. The number of halogens is 1. The molecular formula is C8H10BrNO2S2. The molecule has 0 aliphatic carbocycles. The van der Waals surface area contributed by atoms with Crippen LogP contribution in [-0.4, -0.2) is 14.3 Å². The van der Waals surface area contributed by atoms with E-state index in [1.807, 2.05) is 6.92 Å². The molecule has 1 N–H and O–H groups in total. The van der Waals surface area contributed by atoms with Crippen molar-refractivity contribution in [2.75, 3.05) is 5.88 Å². The molecule has 0 amide bonds. The van der Waals surface area contributed by atoms with Gasteiger partial charge in [-0.2, -0.15) is 0 Å². The number of nitrogens with one attached hydrogen (secondary N) is 1. The van der Waals surface area contributed by atoms with Gasteiger partial charge in [0.15, 0.2) is 0 Å². The molecule has 0 heterocycles. The second-order valence-electron chi connectivity index (χ2n) is 2.71. The first-order valence-electron chi connectivity index (χ1n) is 3.86. The second-order valence-corrected chi connectivity index (χ2v) is 6.36. The molecule has 78 valence electrons. The fourth-order valence-electron chi connectivity index (χ4n) is 0.901. The van der Waals surface area contributed by atoms with Gasteiger partial charge in [0.2, 0.25) is 10.0 Å². The van der Waals surface area contributed by atoms with Crippen LogP contribution < -0.4 is 4.72 Å². The van der Waals surface area contributed by atoms with Crippen molar-refractivity contribution in [1.29, 1.82) is 0 Å². The molecule has 0 bridgehead atoms. The van der Waals surface area contributed by atoms with Gasteiger partial charge >= 0.3 is 0 Å². The molecule has 14 heavy (non-hydrogen) atoms. The Morgan fingerprint density at radius 2 is 1.93 bits per heavy atom. The van der Waals surface area contributed by atoms with E-state index in [9.17, 15) is 8.42 Å². The van der Waals surface area contributed by atoms with Crippen LogP contribution in [0.3, 0.4) is 0 Å². The van der Waals surface area contributed by atoms with Crippen LogP contribution in [0.1, 0.15) is 5.56 Å². The van der Waals surface area contributed by atoms with Crippen molar-refractivity contribution >= 4 is 35.0 Å². The summed E-state index contributed by atoms with van der Waals surface area (Å²) in [5.74, 6) is 0.316. The lowest BCUT2D eigenvalue weighted by Gasteiger charge is -2.04. The molecular weight excluding hydrogens is 286 g/mol. The van der Waals surface area contributed by atoms with Gasteiger partial charge in [0.05, 0.1) is 10.8 Å². The van der Waals surface area contributed by atoms with E-state index in [0.717, 1.165) is 5.56 Å². The number of hydrogen-bond acceptors (Lipinski definition) is 3. The summed E-state index contributed by atoms with van der Waals surface area (Å²) in [6.07, 6.45) is 0. The van der Waals surface area contributed by atoms with Crippen molar-refractivity contribution in [1.82, 2.24) is 4.72 Å². The minimum absolute atomic E-state index is 0.296. The van der Waals surface area contributed by atoms with Crippen molar-refractivity contribution < 1.29 is 8.42 Å². The SMILES string of the molecule is Cc1ccc(S(=O)(=O)NCSBr)cc1. The van der Waals surface area contributed by atoms with E-state index in [0.29, 0.717) is 10.8 Å². The summed E-state index contributed by atoms with van der Waals surface area (Å²) in [7, 11) is -2.09. The van der Waals surface area contributed by atoms with Gasteiger partial charge in [-0.3, -0.25) is 0 Å². The zero-order valence-corrected chi connectivity index (χ0v) is 10.7. The summed E-state index contributed by atoms with van der Waals surface area (Å²) in [5.41, 5.74) is 1.04. The fourth-order valence-corrected chi connectivity index (χ4v) is 3.20. The van der Waals surface area contributed by atoms with Gasteiger partial charge < -0.3 is 0 Å². The van der Waals surface area contributed by atoms with E-state index in [1.165, 1.54) is 10.2 Å². The van der Waals surface area contributed by atoms with Crippen molar-refractivity contribution in [2.45, 2.75) is 11.8 Å². The van der Waals surface area contributed by atoms with E-state index >= 15 is 0 Å². The molecule has 0 saturated heterocycles. The lowest BCUT2D eigenvalue weighted by atomic mass is 10.2. The van der Waals surface area contributed by atoms with Crippen molar-refractivity contribution in [3.05, 3.63) is 29.8 Å². The topological polar surface area (TPSA) is 46.2 Å². The third kappa shape index (κ3) is 3.27. The van der Waals surface area contributed by atoms with Crippen LogP contribution in [0.5, 0.6) is 0 Å². The van der Waals surface area contributed by atoms with E-state index in [-0.39, 0.29) is 0 Å². The van der Waals surface area contributed by atoms with Crippen LogP contribution in [0.25, 0.3) is 0 Å². The van der Waals surface area contributed by atoms with Crippen LogP contribution in [-0.2, 0) is 10.0 Å². The molecule has 1 aromatic carbocycles. The molecule has 0 fully saturated rings. The number of benzene rings is 1. The highest BCUT2D eigenvalue weighted by atomic mass is 79.9. The first-order valence-corrected chi connectivity index (χ1v) is 8.17. The lowest BCUT2D eigenvalue weighted by molar-refractivity contribution is 0.587. The van der Waals surface area contributed by atoms with Gasteiger partial charge in [0, 0.05) is 0 Å². The van der Waals surface area contributed by atoms with Gasteiger partial charge in [0.25, 0.3) is 0 Å². The molecule has 0 saturated carbocycles. The summed E-state index contributed by atoms with van der Waals surface area (Å²) in [5, 5.41) is 0. The van der Waals surface area contributed by atoms with Gasteiger partial charge in [-0.25, -0.2) is 13.1 Å². The third-order valence-corrected chi connectivity index (χ3v) is 4.17. The molecule has 1 rings (SSSR count). The summed E-state index contributed by atoms with van der Waals surface area (Å²) in [4.78, 5) is 0.296. The minimum Gasteiger partial charge on any atom is -0.207 e. The largest absolute Gasteiger partial charge is 0.241 e. The molecule has 0 aliphatic rings. The molecule has 0 unspecified atom stereocenters. The Morgan fingerprint density at radius 1 is 1.36 bits per heavy atom. The predicted octanol–water partition coefficient (Wildman–Crippen LogP) is 2.27. The Kier molecular flexibility index (Phi) is 4.43. The zero-order valence-electron chi connectivity index (χ0n) is 7.53.